The van der Waals surface area contributed by atoms with Crippen LogP contribution < -0.4 is 4.74 Å². The third-order valence-corrected chi connectivity index (χ3v) is 3.61. The maximum Gasteiger partial charge on any atom is 0.145 e. The lowest BCUT2D eigenvalue weighted by Crippen LogP contribution is -1.90. The van der Waals surface area contributed by atoms with Crippen LogP contribution in [-0.4, -0.2) is 12.1 Å². The van der Waals surface area contributed by atoms with Crippen molar-refractivity contribution in [3.05, 3.63) is 46.4 Å². The third-order valence-electron chi connectivity index (χ3n) is 2.90. The molecule has 2 aromatic carbocycles. The number of ether oxygens (including phenoxy) is 1. The Balaban J connectivity index is 2.58. The number of pyridine rings is 1. The summed E-state index contributed by atoms with van der Waals surface area (Å²) < 4.78 is 5.31. The van der Waals surface area contributed by atoms with Gasteiger partial charge < -0.3 is 4.74 Å². The molecule has 90 valence electrons. The first-order chi connectivity index (χ1) is 8.72. The van der Waals surface area contributed by atoms with E-state index in [4.69, 9.17) is 27.9 Å². The molecule has 3 rings (SSSR count). The van der Waals surface area contributed by atoms with E-state index in [0.717, 1.165) is 16.3 Å². The molecule has 0 aliphatic heterocycles. The lowest BCUT2D eigenvalue weighted by Gasteiger charge is -2.10. The van der Waals surface area contributed by atoms with E-state index < -0.39 is 0 Å². The average molecular weight is 278 g/mol. The molecule has 0 fully saturated rings. The van der Waals surface area contributed by atoms with Crippen LogP contribution in [0.2, 0.25) is 10.0 Å². The molecule has 0 radical (unpaired) electrons. The summed E-state index contributed by atoms with van der Waals surface area (Å²) in [5, 5.41) is 2.81. The maximum atomic E-state index is 6.43. The van der Waals surface area contributed by atoms with E-state index in [1.54, 1.807) is 19.2 Å². The number of para-hydroxylation sites is 1. The molecular formula is C14H9Cl2NO. The van der Waals surface area contributed by atoms with Crippen molar-refractivity contribution in [2.24, 2.45) is 0 Å². The molecule has 0 atom stereocenters. The first-order valence-corrected chi connectivity index (χ1v) is 6.18. The summed E-state index contributed by atoms with van der Waals surface area (Å²) in [7, 11) is 1.60. The van der Waals surface area contributed by atoms with Crippen molar-refractivity contribution in [2.75, 3.05) is 7.11 Å². The van der Waals surface area contributed by atoms with Crippen molar-refractivity contribution in [1.29, 1.82) is 0 Å². The monoisotopic (exact) mass is 277 g/mol. The molecule has 0 aliphatic carbocycles. The summed E-state index contributed by atoms with van der Waals surface area (Å²) in [6.07, 6.45) is 0. The lowest BCUT2D eigenvalue weighted by atomic mass is 10.1. The van der Waals surface area contributed by atoms with Crippen molar-refractivity contribution in [2.45, 2.75) is 0 Å². The van der Waals surface area contributed by atoms with E-state index in [1.165, 1.54) is 0 Å². The number of nitrogens with zero attached hydrogens (tertiary/aromatic N) is 1. The Kier molecular flexibility index (Phi) is 2.77. The van der Waals surface area contributed by atoms with Gasteiger partial charge >= 0.3 is 0 Å². The Morgan fingerprint density at radius 2 is 1.83 bits per heavy atom. The number of benzene rings is 2. The standard InChI is InChI=1S/C14H9Cl2NO/c1-18-11-7-6-9(15)12-13(16)8-4-2-3-5-10(8)17-14(11)12/h2-7H,1H3. The van der Waals surface area contributed by atoms with Gasteiger partial charge in [0, 0.05) is 10.8 Å². The highest BCUT2D eigenvalue weighted by Gasteiger charge is 2.13. The van der Waals surface area contributed by atoms with Crippen LogP contribution in [0.3, 0.4) is 0 Å². The molecule has 18 heavy (non-hydrogen) atoms. The fourth-order valence-corrected chi connectivity index (χ4v) is 2.69. The summed E-state index contributed by atoms with van der Waals surface area (Å²) in [5.41, 5.74) is 1.52. The third kappa shape index (κ3) is 1.61. The van der Waals surface area contributed by atoms with Gasteiger partial charge in [-0.1, -0.05) is 41.4 Å². The first kappa shape index (κ1) is 11.6. The molecule has 0 bridgehead atoms. The average Bonchev–Trinajstić information content (AvgIpc) is 2.39. The zero-order chi connectivity index (χ0) is 12.7. The number of methoxy groups -OCH3 is 1. The summed E-state index contributed by atoms with van der Waals surface area (Å²) in [5.74, 6) is 0.669. The Bertz CT molecular complexity index is 755. The minimum absolute atomic E-state index is 0.578. The first-order valence-electron chi connectivity index (χ1n) is 5.43. The van der Waals surface area contributed by atoms with Crippen molar-refractivity contribution in [3.8, 4) is 5.75 Å². The maximum absolute atomic E-state index is 6.43. The molecular weight excluding hydrogens is 269 g/mol. The zero-order valence-electron chi connectivity index (χ0n) is 9.58. The van der Waals surface area contributed by atoms with E-state index in [-0.39, 0.29) is 0 Å². The van der Waals surface area contributed by atoms with Crippen LogP contribution in [0.4, 0.5) is 0 Å². The molecule has 0 saturated heterocycles. The predicted molar refractivity (Wildman–Crippen MR) is 75.8 cm³/mol. The highest BCUT2D eigenvalue weighted by molar-refractivity contribution is 6.45. The largest absolute Gasteiger partial charge is 0.494 e. The molecule has 0 amide bonds. The lowest BCUT2D eigenvalue weighted by molar-refractivity contribution is 0.419. The highest BCUT2D eigenvalue weighted by Crippen LogP contribution is 2.38. The normalized spacial score (nSPS) is 11.1. The molecule has 1 aromatic heterocycles. The van der Waals surface area contributed by atoms with E-state index in [1.807, 2.05) is 24.3 Å². The van der Waals surface area contributed by atoms with Crippen molar-refractivity contribution in [1.82, 2.24) is 4.98 Å². The smallest absolute Gasteiger partial charge is 0.145 e. The number of fused-ring (bicyclic) bond motifs is 2. The van der Waals surface area contributed by atoms with Crippen molar-refractivity contribution in [3.63, 3.8) is 0 Å². The van der Waals surface area contributed by atoms with Gasteiger partial charge in [0.15, 0.2) is 0 Å². The fraction of sp³-hybridized carbons (Fsp3) is 0.0714. The van der Waals surface area contributed by atoms with E-state index in [0.29, 0.717) is 21.3 Å². The Labute approximate surface area is 114 Å². The second-order valence-corrected chi connectivity index (χ2v) is 4.70. The van der Waals surface area contributed by atoms with Gasteiger partial charge in [-0.25, -0.2) is 4.98 Å². The van der Waals surface area contributed by atoms with Gasteiger partial charge in [-0.3, -0.25) is 0 Å². The second-order valence-electron chi connectivity index (χ2n) is 3.92. The molecule has 0 spiro atoms. The molecule has 0 unspecified atom stereocenters. The molecule has 3 aromatic rings. The Morgan fingerprint density at radius 1 is 1.06 bits per heavy atom. The molecule has 0 N–H and O–H groups in total. The van der Waals surface area contributed by atoms with Crippen LogP contribution in [0.15, 0.2) is 36.4 Å². The van der Waals surface area contributed by atoms with Gasteiger partial charge in [0.05, 0.1) is 22.7 Å². The van der Waals surface area contributed by atoms with Gasteiger partial charge in [0.2, 0.25) is 0 Å². The number of hydrogen-bond donors (Lipinski definition) is 0. The van der Waals surface area contributed by atoms with Crippen LogP contribution >= 0.6 is 23.2 Å². The Morgan fingerprint density at radius 3 is 2.61 bits per heavy atom. The van der Waals surface area contributed by atoms with Gasteiger partial charge in [-0.15, -0.1) is 0 Å². The number of aromatic nitrogens is 1. The minimum atomic E-state index is 0.578. The SMILES string of the molecule is COc1ccc(Cl)c2c(Cl)c3ccccc3nc12. The number of hydrogen-bond acceptors (Lipinski definition) is 2. The minimum Gasteiger partial charge on any atom is -0.494 e. The number of halogens is 2. The van der Waals surface area contributed by atoms with Gasteiger partial charge in [-0.05, 0) is 18.2 Å². The van der Waals surface area contributed by atoms with Gasteiger partial charge in [0.1, 0.15) is 11.3 Å². The Hall–Kier alpha value is -1.51. The van der Waals surface area contributed by atoms with Crippen LogP contribution in [-0.2, 0) is 0 Å². The zero-order valence-corrected chi connectivity index (χ0v) is 11.1. The van der Waals surface area contributed by atoms with Gasteiger partial charge in [0.25, 0.3) is 0 Å². The van der Waals surface area contributed by atoms with Crippen LogP contribution in [0, 0.1) is 0 Å². The van der Waals surface area contributed by atoms with E-state index >= 15 is 0 Å². The van der Waals surface area contributed by atoms with Crippen molar-refractivity contribution >= 4 is 45.0 Å². The van der Waals surface area contributed by atoms with Crippen LogP contribution in [0.5, 0.6) is 5.75 Å². The van der Waals surface area contributed by atoms with E-state index in [2.05, 4.69) is 4.98 Å². The summed E-state index contributed by atoms with van der Waals surface area (Å²) in [4.78, 5) is 4.58. The second kappa shape index (κ2) is 4.30. The summed E-state index contributed by atoms with van der Waals surface area (Å²) in [6.45, 7) is 0. The summed E-state index contributed by atoms with van der Waals surface area (Å²) >= 11 is 12.6. The summed E-state index contributed by atoms with van der Waals surface area (Å²) in [6, 6.07) is 11.3. The molecule has 1 heterocycles. The quantitative estimate of drug-likeness (QED) is 0.602. The topological polar surface area (TPSA) is 22.1 Å². The highest BCUT2D eigenvalue weighted by atomic mass is 35.5. The molecule has 2 nitrogen and oxygen atoms in total. The predicted octanol–water partition coefficient (Wildman–Crippen LogP) is 4.70. The fourth-order valence-electron chi connectivity index (χ4n) is 2.04. The van der Waals surface area contributed by atoms with Crippen molar-refractivity contribution < 1.29 is 4.74 Å². The molecule has 0 aliphatic rings. The molecule has 0 saturated carbocycles. The number of rotatable bonds is 1. The van der Waals surface area contributed by atoms with Crippen LogP contribution in [0.1, 0.15) is 0 Å². The van der Waals surface area contributed by atoms with Gasteiger partial charge in [-0.2, -0.15) is 0 Å². The van der Waals surface area contributed by atoms with E-state index in [9.17, 15) is 0 Å². The van der Waals surface area contributed by atoms with Crippen LogP contribution in [0.25, 0.3) is 21.8 Å². The molecule has 4 heteroatoms.